The van der Waals surface area contributed by atoms with Gasteiger partial charge >= 0.3 is 11.6 Å². The molecule has 0 aliphatic heterocycles. The summed E-state index contributed by atoms with van der Waals surface area (Å²) in [6.07, 6.45) is 2.75. The minimum Gasteiger partial charge on any atom is -0.426 e. The third-order valence-electron chi connectivity index (χ3n) is 3.09. The predicted octanol–water partition coefficient (Wildman–Crippen LogP) is 3.37. The molecule has 0 saturated carbocycles. The molecule has 0 fully saturated rings. The zero-order chi connectivity index (χ0) is 14.7. The summed E-state index contributed by atoms with van der Waals surface area (Å²) in [5, 5.41) is 0.721. The molecule has 0 atom stereocenters. The van der Waals surface area contributed by atoms with Crippen molar-refractivity contribution >= 4 is 16.9 Å². The lowest BCUT2D eigenvalue weighted by Gasteiger charge is -2.11. The van der Waals surface area contributed by atoms with E-state index < -0.39 is 0 Å². The molecule has 0 radical (unpaired) electrons. The van der Waals surface area contributed by atoms with Crippen molar-refractivity contribution in [1.82, 2.24) is 0 Å². The highest BCUT2D eigenvalue weighted by atomic mass is 16.5. The van der Waals surface area contributed by atoms with Gasteiger partial charge in [-0.3, -0.25) is 4.79 Å². The Kier molecular flexibility index (Phi) is 4.23. The zero-order valence-electron chi connectivity index (χ0n) is 12.0. The SMILES string of the molecule is CCCCc1cc(=O)oc2cc(C)cc(OC(C)=O)c12. The van der Waals surface area contributed by atoms with Crippen molar-refractivity contribution in [2.24, 2.45) is 0 Å². The van der Waals surface area contributed by atoms with E-state index in [4.69, 9.17) is 9.15 Å². The summed E-state index contributed by atoms with van der Waals surface area (Å²) in [4.78, 5) is 22.9. The van der Waals surface area contributed by atoms with Gasteiger partial charge in [0.2, 0.25) is 0 Å². The van der Waals surface area contributed by atoms with Crippen LogP contribution in [0.2, 0.25) is 0 Å². The molecule has 0 spiro atoms. The summed E-state index contributed by atoms with van der Waals surface area (Å²) in [5.41, 5.74) is 1.85. The molecule has 2 rings (SSSR count). The fourth-order valence-corrected chi connectivity index (χ4v) is 2.27. The highest BCUT2D eigenvalue weighted by Gasteiger charge is 2.13. The number of carbonyl (C=O) groups is 1. The normalized spacial score (nSPS) is 10.8. The molecule has 0 aliphatic carbocycles. The number of rotatable bonds is 4. The average Bonchev–Trinajstić information content (AvgIpc) is 2.33. The number of hydrogen-bond acceptors (Lipinski definition) is 4. The standard InChI is InChI=1S/C16H18O4/c1-4-5-6-12-9-15(18)20-14-8-10(2)7-13(16(12)14)19-11(3)17/h7-9H,4-6H2,1-3H3. The Morgan fingerprint density at radius 1 is 1.30 bits per heavy atom. The van der Waals surface area contributed by atoms with Crippen LogP contribution in [0.15, 0.2) is 27.4 Å². The van der Waals surface area contributed by atoms with E-state index in [1.807, 2.05) is 6.92 Å². The van der Waals surface area contributed by atoms with Gasteiger partial charge in [-0.15, -0.1) is 0 Å². The monoisotopic (exact) mass is 274 g/mol. The first kappa shape index (κ1) is 14.3. The molecule has 0 unspecified atom stereocenters. The van der Waals surface area contributed by atoms with Gasteiger partial charge in [-0.05, 0) is 43.0 Å². The quantitative estimate of drug-likeness (QED) is 0.487. The average molecular weight is 274 g/mol. The molecule has 0 amide bonds. The van der Waals surface area contributed by atoms with Gasteiger partial charge in [0, 0.05) is 13.0 Å². The van der Waals surface area contributed by atoms with Crippen LogP contribution in [0.5, 0.6) is 5.75 Å². The van der Waals surface area contributed by atoms with Crippen LogP contribution in [0.3, 0.4) is 0 Å². The zero-order valence-corrected chi connectivity index (χ0v) is 12.0. The highest BCUT2D eigenvalue weighted by Crippen LogP contribution is 2.30. The Morgan fingerprint density at radius 2 is 2.05 bits per heavy atom. The molecule has 4 nitrogen and oxygen atoms in total. The second-order valence-electron chi connectivity index (χ2n) is 4.92. The number of unbranched alkanes of at least 4 members (excludes halogenated alkanes) is 1. The number of esters is 1. The van der Waals surface area contributed by atoms with Crippen LogP contribution in [0.4, 0.5) is 0 Å². The third kappa shape index (κ3) is 3.07. The van der Waals surface area contributed by atoms with Crippen LogP contribution in [0.1, 0.15) is 37.8 Å². The predicted molar refractivity (Wildman–Crippen MR) is 77.1 cm³/mol. The van der Waals surface area contributed by atoms with Crippen LogP contribution < -0.4 is 10.4 Å². The van der Waals surface area contributed by atoms with Crippen LogP contribution in [-0.4, -0.2) is 5.97 Å². The molecule has 0 N–H and O–H groups in total. The van der Waals surface area contributed by atoms with Crippen LogP contribution in [0.25, 0.3) is 11.0 Å². The fourth-order valence-electron chi connectivity index (χ4n) is 2.27. The van der Waals surface area contributed by atoms with E-state index >= 15 is 0 Å². The number of ether oxygens (including phenoxy) is 1. The first-order chi connectivity index (χ1) is 9.51. The van der Waals surface area contributed by atoms with Gasteiger partial charge in [-0.1, -0.05) is 13.3 Å². The summed E-state index contributed by atoms with van der Waals surface area (Å²) in [5.74, 6) is 0.0758. The lowest BCUT2D eigenvalue weighted by molar-refractivity contribution is -0.131. The Labute approximate surface area is 117 Å². The van der Waals surface area contributed by atoms with E-state index in [-0.39, 0.29) is 11.6 Å². The van der Waals surface area contributed by atoms with Crippen molar-refractivity contribution in [2.45, 2.75) is 40.0 Å². The van der Waals surface area contributed by atoms with Crippen molar-refractivity contribution in [3.63, 3.8) is 0 Å². The van der Waals surface area contributed by atoms with Crippen LogP contribution in [0, 0.1) is 6.92 Å². The van der Waals surface area contributed by atoms with Gasteiger partial charge < -0.3 is 9.15 Å². The molecule has 20 heavy (non-hydrogen) atoms. The lowest BCUT2D eigenvalue weighted by Crippen LogP contribution is -2.06. The van der Waals surface area contributed by atoms with E-state index in [0.29, 0.717) is 11.3 Å². The summed E-state index contributed by atoms with van der Waals surface area (Å²) in [7, 11) is 0. The van der Waals surface area contributed by atoms with Gasteiger partial charge in [0.1, 0.15) is 11.3 Å². The molecule has 1 aromatic heterocycles. The van der Waals surface area contributed by atoms with Crippen molar-refractivity contribution < 1.29 is 13.9 Å². The first-order valence-electron chi connectivity index (χ1n) is 6.77. The van der Waals surface area contributed by atoms with Crippen molar-refractivity contribution in [1.29, 1.82) is 0 Å². The van der Waals surface area contributed by atoms with Gasteiger partial charge in [-0.2, -0.15) is 0 Å². The topological polar surface area (TPSA) is 56.5 Å². The maximum absolute atomic E-state index is 11.6. The molecule has 1 aromatic carbocycles. The summed E-state index contributed by atoms with van der Waals surface area (Å²) in [6, 6.07) is 5.07. The number of benzene rings is 1. The second kappa shape index (κ2) is 5.90. The molecule has 106 valence electrons. The number of hydrogen-bond donors (Lipinski definition) is 0. The minimum atomic E-state index is -0.385. The minimum absolute atomic E-state index is 0.372. The van der Waals surface area contributed by atoms with E-state index in [9.17, 15) is 9.59 Å². The summed E-state index contributed by atoms with van der Waals surface area (Å²) in [6.45, 7) is 5.31. The number of carbonyl (C=O) groups excluding carboxylic acids is 1. The van der Waals surface area contributed by atoms with E-state index in [2.05, 4.69) is 6.92 Å². The third-order valence-corrected chi connectivity index (χ3v) is 3.09. The Balaban J connectivity index is 2.69. The van der Waals surface area contributed by atoms with E-state index in [1.54, 1.807) is 12.1 Å². The van der Waals surface area contributed by atoms with E-state index in [0.717, 1.165) is 35.8 Å². The summed E-state index contributed by atoms with van der Waals surface area (Å²) >= 11 is 0. The van der Waals surface area contributed by atoms with Crippen molar-refractivity contribution in [3.8, 4) is 5.75 Å². The van der Waals surface area contributed by atoms with Crippen molar-refractivity contribution in [2.75, 3.05) is 0 Å². The van der Waals surface area contributed by atoms with Crippen LogP contribution >= 0.6 is 0 Å². The second-order valence-corrected chi connectivity index (χ2v) is 4.92. The number of fused-ring (bicyclic) bond motifs is 1. The molecule has 4 heteroatoms. The molecular formula is C16H18O4. The Hall–Kier alpha value is -2.10. The molecule has 0 saturated heterocycles. The van der Waals surface area contributed by atoms with Gasteiger partial charge in [0.15, 0.2) is 0 Å². The smallest absolute Gasteiger partial charge is 0.336 e. The molecule has 0 bridgehead atoms. The Bertz CT molecular complexity index is 697. The molecular weight excluding hydrogens is 256 g/mol. The lowest BCUT2D eigenvalue weighted by atomic mass is 10.0. The maximum Gasteiger partial charge on any atom is 0.336 e. The molecule has 1 heterocycles. The number of aryl methyl sites for hydroxylation is 2. The first-order valence-corrected chi connectivity index (χ1v) is 6.77. The van der Waals surface area contributed by atoms with E-state index in [1.165, 1.54) is 13.0 Å². The van der Waals surface area contributed by atoms with Crippen molar-refractivity contribution in [3.05, 3.63) is 39.7 Å². The largest absolute Gasteiger partial charge is 0.426 e. The highest BCUT2D eigenvalue weighted by molar-refractivity contribution is 5.89. The van der Waals surface area contributed by atoms with Gasteiger partial charge in [0.05, 0.1) is 5.39 Å². The molecule has 2 aromatic rings. The van der Waals surface area contributed by atoms with Crippen LogP contribution in [-0.2, 0) is 11.2 Å². The fraction of sp³-hybridized carbons (Fsp3) is 0.375. The Morgan fingerprint density at radius 3 is 2.70 bits per heavy atom. The van der Waals surface area contributed by atoms with Gasteiger partial charge in [-0.25, -0.2) is 4.79 Å². The molecule has 0 aliphatic rings. The van der Waals surface area contributed by atoms with Gasteiger partial charge in [0.25, 0.3) is 0 Å². The maximum atomic E-state index is 11.6. The summed E-state index contributed by atoms with van der Waals surface area (Å²) < 4.78 is 10.5.